The van der Waals surface area contributed by atoms with Crippen molar-refractivity contribution in [3.63, 3.8) is 0 Å². The quantitative estimate of drug-likeness (QED) is 0.893. The molecule has 1 fully saturated rings. The molecule has 0 spiro atoms. The second-order valence-electron chi connectivity index (χ2n) is 6.01. The van der Waals surface area contributed by atoms with Crippen LogP contribution in [0.5, 0.6) is 0 Å². The number of rotatable bonds is 2. The van der Waals surface area contributed by atoms with Gasteiger partial charge in [0.2, 0.25) is 5.91 Å². The number of benzene rings is 1. The van der Waals surface area contributed by atoms with Crippen molar-refractivity contribution in [2.24, 2.45) is 0 Å². The number of hydrogen-bond donors (Lipinski definition) is 2. The summed E-state index contributed by atoms with van der Waals surface area (Å²) in [6.45, 7) is 0. The lowest BCUT2D eigenvalue weighted by Gasteiger charge is -2.29. The van der Waals surface area contributed by atoms with Crippen LogP contribution in [-0.4, -0.2) is 16.1 Å². The Kier molecular flexibility index (Phi) is 2.99. The third-order valence-electron chi connectivity index (χ3n) is 4.69. The van der Waals surface area contributed by atoms with Gasteiger partial charge in [-0.05, 0) is 30.5 Å². The number of carbonyl (C=O) groups excluding carboxylic acids is 1. The number of aromatic nitrogens is 2. The highest BCUT2D eigenvalue weighted by atomic mass is 19.2. The molecule has 2 aliphatic rings. The van der Waals surface area contributed by atoms with E-state index in [1.165, 1.54) is 12.5 Å². The van der Waals surface area contributed by atoms with Gasteiger partial charge in [0.1, 0.15) is 0 Å². The van der Waals surface area contributed by atoms with Crippen molar-refractivity contribution in [3.05, 3.63) is 46.7 Å². The lowest BCUT2D eigenvalue weighted by Crippen LogP contribution is -2.25. The van der Waals surface area contributed by atoms with Gasteiger partial charge in [-0.2, -0.15) is 5.10 Å². The second-order valence-corrected chi connectivity index (χ2v) is 6.01. The van der Waals surface area contributed by atoms with Crippen molar-refractivity contribution in [2.45, 2.75) is 37.5 Å². The van der Waals surface area contributed by atoms with Crippen LogP contribution in [0.4, 0.5) is 14.6 Å². The Hall–Kier alpha value is -2.24. The summed E-state index contributed by atoms with van der Waals surface area (Å²) >= 11 is 0. The van der Waals surface area contributed by atoms with Crippen molar-refractivity contribution >= 4 is 11.7 Å². The lowest BCUT2D eigenvalue weighted by molar-refractivity contribution is -0.116. The molecule has 1 saturated carbocycles. The van der Waals surface area contributed by atoms with Gasteiger partial charge in [0.25, 0.3) is 0 Å². The molecule has 2 aromatic rings. The van der Waals surface area contributed by atoms with E-state index in [9.17, 15) is 13.6 Å². The maximum Gasteiger partial charge on any atom is 0.226 e. The van der Waals surface area contributed by atoms with E-state index in [1.54, 1.807) is 6.07 Å². The number of halogens is 2. The van der Waals surface area contributed by atoms with Crippen molar-refractivity contribution in [1.29, 1.82) is 0 Å². The third kappa shape index (κ3) is 2.01. The van der Waals surface area contributed by atoms with E-state index in [2.05, 4.69) is 15.5 Å². The predicted molar refractivity (Wildman–Crippen MR) is 76.6 cm³/mol. The van der Waals surface area contributed by atoms with E-state index in [1.807, 2.05) is 0 Å². The first-order chi connectivity index (χ1) is 10.6. The number of nitrogens with one attached hydrogen (secondary N) is 2. The van der Waals surface area contributed by atoms with Gasteiger partial charge in [-0.1, -0.05) is 12.5 Å². The minimum absolute atomic E-state index is 0.158. The number of nitrogens with zero attached hydrogens (tertiary/aromatic N) is 1. The van der Waals surface area contributed by atoms with Crippen molar-refractivity contribution in [2.75, 3.05) is 5.32 Å². The van der Waals surface area contributed by atoms with Gasteiger partial charge in [0.15, 0.2) is 17.5 Å². The minimum Gasteiger partial charge on any atom is -0.309 e. The molecule has 0 saturated heterocycles. The molecule has 4 rings (SSSR count). The molecular formula is C16H15F2N3O. The number of carbonyl (C=O) groups is 1. The average molecular weight is 303 g/mol. The van der Waals surface area contributed by atoms with Crippen LogP contribution in [0, 0.1) is 11.6 Å². The summed E-state index contributed by atoms with van der Waals surface area (Å²) in [7, 11) is 0. The lowest BCUT2D eigenvalue weighted by atomic mass is 9.77. The van der Waals surface area contributed by atoms with Crippen LogP contribution in [0.25, 0.3) is 0 Å². The number of hydrogen-bond acceptors (Lipinski definition) is 2. The Morgan fingerprint density at radius 1 is 1.18 bits per heavy atom. The molecule has 22 heavy (non-hydrogen) atoms. The van der Waals surface area contributed by atoms with Crippen LogP contribution in [0.3, 0.4) is 0 Å². The Bertz CT molecular complexity index is 752. The van der Waals surface area contributed by atoms with Crippen LogP contribution >= 0.6 is 0 Å². The number of fused-ring (bicyclic) bond motifs is 1. The van der Waals surface area contributed by atoms with E-state index in [4.69, 9.17) is 0 Å². The molecule has 6 heteroatoms. The Morgan fingerprint density at radius 2 is 2.00 bits per heavy atom. The van der Waals surface area contributed by atoms with Crippen LogP contribution in [0.15, 0.2) is 18.2 Å². The van der Waals surface area contributed by atoms with Gasteiger partial charge in [-0.3, -0.25) is 9.89 Å². The molecule has 2 N–H and O–H groups in total. The molecule has 1 atom stereocenters. The van der Waals surface area contributed by atoms with Crippen molar-refractivity contribution in [1.82, 2.24) is 10.2 Å². The predicted octanol–water partition coefficient (Wildman–Crippen LogP) is 3.43. The van der Waals surface area contributed by atoms with Crippen LogP contribution in [-0.2, 0) is 4.79 Å². The fraction of sp³-hybridized carbons (Fsp3) is 0.375. The van der Waals surface area contributed by atoms with Gasteiger partial charge in [-0.25, -0.2) is 8.78 Å². The van der Waals surface area contributed by atoms with Gasteiger partial charge < -0.3 is 5.32 Å². The minimum atomic E-state index is -0.890. The van der Waals surface area contributed by atoms with Gasteiger partial charge >= 0.3 is 0 Å². The molecule has 1 amide bonds. The second kappa shape index (κ2) is 4.90. The van der Waals surface area contributed by atoms with Gasteiger partial charge in [-0.15, -0.1) is 0 Å². The molecule has 1 aromatic heterocycles. The van der Waals surface area contributed by atoms with Gasteiger partial charge in [0, 0.05) is 29.5 Å². The summed E-state index contributed by atoms with van der Waals surface area (Å²) in [6.07, 6.45) is 3.58. The fourth-order valence-corrected chi connectivity index (χ4v) is 3.30. The Labute approximate surface area is 125 Å². The number of anilines is 1. The fourth-order valence-electron chi connectivity index (χ4n) is 3.30. The summed E-state index contributed by atoms with van der Waals surface area (Å²) in [6, 6.07) is 3.84. The molecule has 1 unspecified atom stereocenters. The Morgan fingerprint density at radius 3 is 2.68 bits per heavy atom. The van der Waals surface area contributed by atoms with E-state index in [0.29, 0.717) is 17.3 Å². The topological polar surface area (TPSA) is 57.8 Å². The average Bonchev–Trinajstić information content (AvgIpc) is 2.83. The van der Waals surface area contributed by atoms with E-state index >= 15 is 0 Å². The molecular weight excluding hydrogens is 288 g/mol. The number of amides is 1. The largest absolute Gasteiger partial charge is 0.309 e. The van der Waals surface area contributed by atoms with Gasteiger partial charge in [0.05, 0.1) is 0 Å². The highest BCUT2D eigenvalue weighted by Gasteiger charge is 2.35. The first-order valence-electron chi connectivity index (χ1n) is 7.46. The summed E-state index contributed by atoms with van der Waals surface area (Å²) < 4.78 is 26.7. The summed E-state index contributed by atoms with van der Waals surface area (Å²) in [5, 5.41) is 9.99. The van der Waals surface area contributed by atoms with Crippen LogP contribution in [0.1, 0.15) is 54.3 Å². The monoisotopic (exact) mass is 303 g/mol. The molecule has 1 aromatic carbocycles. The number of aromatic amines is 1. The normalized spacial score (nSPS) is 21.2. The first kappa shape index (κ1) is 13.4. The molecule has 2 heterocycles. The van der Waals surface area contributed by atoms with E-state index in [-0.39, 0.29) is 18.2 Å². The van der Waals surface area contributed by atoms with E-state index < -0.39 is 11.6 Å². The smallest absolute Gasteiger partial charge is 0.226 e. The molecule has 114 valence electrons. The molecule has 1 aliphatic carbocycles. The highest BCUT2D eigenvalue weighted by Crippen LogP contribution is 2.45. The maximum atomic E-state index is 13.6. The van der Waals surface area contributed by atoms with Crippen LogP contribution in [0.2, 0.25) is 0 Å². The molecule has 0 radical (unpaired) electrons. The Balaban J connectivity index is 1.81. The zero-order chi connectivity index (χ0) is 15.3. The highest BCUT2D eigenvalue weighted by molar-refractivity contribution is 5.94. The zero-order valence-electron chi connectivity index (χ0n) is 11.8. The summed E-state index contributed by atoms with van der Waals surface area (Å²) in [5.41, 5.74) is 2.56. The molecule has 1 aliphatic heterocycles. The standard InChI is InChI=1S/C16H15F2N3O/c17-11-5-4-9(6-12(11)18)10-7-13(22)19-16-14(10)15(20-21-16)8-2-1-3-8/h4-6,8,10H,1-3,7H2,(H2,19,20,21,22). The number of H-pyrrole nitrogens is 1. The summed E-state index contributed by atoms with van der Waals surface area (Å²) in [4.78, 5) is 11.9. The zero-order valence-corrected chi connectivity index (χ0v) is 11.8. The van der Waals surface area contributed by atoms with E-state index in [0.717, 1.165) is 30.2 Å². The SMILES string of the molecule is O=C1CC(c2ccc(F)c(F)c2)c2c(n[nH]c2C2CCC2)N1. The third-order valence-corrected chi connectivity index (χ3v) is 4.69. The maximum absolute atomic E-state index is 13.6. The molecule has 4 nitrogen and oxygen atoms in total. The molecule has 0 bridgehead atoms. The van der Waals surface area contributed by atoms with Crippen molar-refractivity contribution < 1.29 is 13.6 Å². The first-order valence-corrected chi connectivity index (χ1v) is 7.46. The van der Waals surface area contributed by atoms with Crippen LogP contribution < -0.4 is 5.32 Å². The summed E-state index contributed by atoms with van der Waals surface area (Å²) in [5.74, 6) is -1.27. The van der Waals surface area contributed by atoms with Crippen molar-refractivity contribution in [3.8, 4) is 0 Å².